The summed E-state index contributed by atoms with van der Waals surface area (Å²) in [7, 11) is 3.40. The number of nitrogens with one attached hydrogen (secondary N) is 1. The van der Waals surface area contributed by atoms with Crippen LogP contribution in [0.15, 0.2) is 59.5 Å². The van der Waals surface area contributed by atoms with Crippen molar-refractivity contribution >= 4 is 50.1 Å². The SMILES string of the molecule is Cc1nn(-c2ccc(F)cc2)c2sc(C(=O)Nc3ccc(SC(=O)N(C)C)cc3)cc12. The number of hydrogen-bond donors (Lipinski definition) is 1. The topological polar surface area (TPSA) is 67.2 Å². The first kappa shape index (κ1) is 21.1. The summed E-state index contributed by atoms with van der Waals surface area (Å²) < 4.78 is 15.0. The van der Waals surface area contributed by atoms with E-state index in [9.17, 15) is 14.0 Å². The monoisotopic (exact) mass is 454 g/mol. The van der Waals surface area contributed by atoms with Gasteiger partial charge in [-0.05, 0) is 73.3 Å². The average molecular weight is 455 g/mol. The van der Waals surface area contributed by atoms with E-state index in [1.54, 1.807) is 55.2 Å². The maximum absolute atomic E-state index is 13.3. The second-order valence-corrected chi connectivity index (χ2v) is 9.10. The van der Waals surface area contributed by atoms with E-state index in [1.807, 2.05) is 13.0 Å². The van der Waals surface area contributed by atoms with E-state index in [-0.39, 0.29) is 17.0 Å². The van der Waals surface area contributed by atoms with E-state index in [4.69, 9.17) is 0 Å². The van der Waals surface area contributed by atoms with Gasteiger partial charge in [-0.15, -0.1) is 11.3 Å². The van der Waals surface area contributed by atoms with Gasteiger partial charge in [-0.25, -0.2) is 9.07 Å². The van der Waals surface area contributed by atoms with Gasteiger partial charge in [0.25, 0.3) is 11.1 Å². The zero-order valence-corrected chi connectivity index (χ0v) is 18.7. The molecule has 0 saturated carbocycles. The molecule has 1 N–H and O–H groups in total. The van der Waals surface area contributed by atoms with Crippen molar-refractivity contribution in [2.75, 3.05) is 19.4 Å². The summed E-state index contributed by atoms with van der Waals surface area (Å²) in [5.74, 6) is -0.540. The Bertz CT molecular complexity index is 1260. The zero-order chi connectivity index (χ0) is 22.1. The number of hydrogen-bond acceptors (Lipinski definition) is 5. The Balaban J connectivity index is 1.54. The van der Waals surface area contributed by atoms with Crippen LogP contribution in [0, 0.1) is 12.7 Å². The number of halogens is 1. The number of nitrogens with zero attached hydrogens (tertiary/aromatic N) is 3. The van der Waals surface area contributed by atoms with Gasteiger partial charge in [-0.1, -0.05) is 0 Å². The molecule has 2 aromatic heterocycles. The van der Waals surface area contributed by atoms with Crippen LogP contribution < -0.4 is 5.32 Å². The van der Waals surface area contributed by atoms with Gasteiger partial charge in [0, 0.05) is 30.1 Å². The maximum atomic E-state index is 13.3. The molecule has 0 spiro atoms. The molecule has 2 heterocycles. The molecule has 31 heavy (non-hydrogen) atoms. The van der Waals surface area contributed by atoms with Gasteiger partial charge in [-0.2, -0.15) is 5.10 Å². The zero-order valence-electron chi connectivity index (χ0n) is 17.0. The van der Waals surface area contributed by atoms with E-state index in [1.165, 1.54) is 28.4 Å². The summed E-state index contributed by atoms with van der Waals surface area (Å²) in [6.07, 6.45) is 0. The van der Waals surface area contributed by atoms with Crippen LogP contribution >= 0.6 is 23.1 Å². The highest BCUT2D eigenvalue weighted by molar-refractivity contribution is 8.13. The molecule has 0 atom stereocenters. The lowest BCUT2D eigenvalue weighted by Gasteiger charge is -2.09. The van der Waals surface area contributed by atoms with Gasteiger partial charge in [0.05, 0.1) is 16.3 Å². The minimum atomic E-state index is -0.314. The van der Waals surface area contributed by atoms with Gasteiger partial charge in [0.15, 0.2) is 0 Å². The summed E-state index contributed by atoms with van der Waals surface area (Å²) in [5.41, 5.74) is 2.16. The molecular formula is C22H19FN4O2S2. The predicted molar refractivity (Wildman–Crippen MR) is 123 cm³/mol. The third-order valence-electron chi connectivity index (χ3n) is 4.52. The van der Waals surface area contributed by atoms with Crippen molar-refractivity contribution in [3.05, 3.63) is 71.0 Å². The standard InChI is InChI=1S/C22H19FN4O2S2/c1-13-18-12-19(31-21(18)27(25-13)16-8-4-14(23)5-9-16)20(28)24-15-6-10-17(11-7-15)30-22(29)26(2)3/h4-12H,1-3H3,(H,24,28). The van der Waals surface area contributed by atoms with E-state index >= 15 is 0 Å². The predicted octanol–water partition coefficient (Wildman–Crippen LogP) is 5.56. The van der Waals surface area contributed by atoms with Crippen molar-refractivity contribution in [2.24, 2.45) is 0 Å². The number of thiophene rings is 1. The van der Waals surface area contributed by atoms with Crippen molar-refractivity contribution in [1.29, 1.82) is 0 Å². The smallest absolute Gasteiger partial charge is 0.285 e. The van der Waals surface area contributed by atoms with E-state index < -0.39 is 0 Å². The molecule has 2 aromatic carbocycles. The normalized spacial score (nSPS) is 11.0. The number of thioether (sulfide) groups is 1. The second kappa shape index (κ2) is 8.52. The summed E-state index contributed by atoms with van der Waals surface area (Å²) in [6, 6.07) is 15.0. The molecule has 0 aliphatic heterocycles. The first-order valence-electron chi connectivity index (χ1n) is 9.37. The molecular weight excluding hydrogens is 435 g/mol. The number of anilines is 1. The Morgan fingerprint density at radius 3 is 2.42 bits per heavy atom. The molecule has 9 heteroatoms. The number of aryl methyl sites for hydroxylation is 1. The molecule has 6 nitrogen and oxygen atoms in total. The first-order chi connectivity index (χ1) is 14.8. The van der Waals surface area contributed by atoms with Crippen LogP contribution in [0.1, 0.15) is 15.4 Å². The van der Waals surface area contributed by atoms with Crippen LogP contribution in [0.25, 0.3) is 15.9 Å². The Hall–Kier alpha value is -3.17. The fraction of sp³-hybridized carbons (Fsp3) is 0.136. The number of amides is 2. The number of rotatable bonds is 4. The molecule has 0 aliphatic rings. The lowest BCUT2D eigenvalue weighted by molar-refractivity contribution is 0.103. The van der Waals surface area contributed by atoms with E-state index in [2.05, 4.69) is 10.4 Å². The first-order valence-corrected chi connectivity index (χ1v) is 11.0. The molecule has 158 valence electrons. The summed E-state index contributed by atoms with van der Waals surface area (Å²) in [6.45, 7) is 1.88. The molecule has 0 saturated heterocycles. The lowest BCUT2D eigenvalue weighted by Crippen LogP contribution is -2.16. The quantitative estimate of drug-likeness (QED) is 0.410. The molecule has 0 unspecified atom stereocenters. The Morgan fingerprint density at radius 2 is 1.77 bits per heavy atom. The summed E-state index contributed by atoms with van der Waals surface area (Å²) in [5, 5.41) is 8.23. The second-order valence-electron chi connectivity index (χ2n) is 7.04. The van der Waals surface area contributed by atoms with Crippen molar-refractivity contribution in [2.45, 2.75) is 11.8 Å². The average Bonchev–Trinajstić information content (AvgIpc) is 3.31. The van der Waals surface area contributed by atoms with Gasteiger partial charge >= 0.3 is 0 Å². The number of carbonyl (C=O) groups excluding carboxylic acids is 2. The fourth-order valence-electron chi connectivity index (χ4n) is 2.91. The number of carbonyl (C=O) groups is 2. The lowest BCUT2D eigenvalue weighted by atomic mass is 10.3. The number of fused-ring (bicyclic) bond motifs is 1. The van der Waals surface area contributed by atoms with Crippen LogP contribution in [0.3, 0.4) is 0 Å². The summed E-state index contributed by atoms with van der Waals surface area (Å²) in [4.78, 5) is 28.3. The Morgan fingerprint density at radius 1 is 1.10 bits per heavy atom. The van der Waals surface area contributed by atoms with Crippen molar-refractivity contribution < 1.29 is 14.0 Å². The third-order valence-corrected chi connectivity index (χ3v) is 6.68. The molecule has 0 radical (unpaired) electrons. The van der Waals surface area contributed by atoms with Crippen molar-refractivity contribution in [1.82, 2.24) is 14.7 Å². The highest BCUT2D eigenvalue weighted by Crippen LogP contribution is 2.31. The summed E-state index contributed by atoms with van der Waals surface area (Å²) >= 11 is 2.45. The Labute approximate surface area is 186 Å². The van der Waals surface area contributed by atoms with E-state index in [0.29, 0.717) is 10.6 Å². The minimum Gasteiger partial charge on any atom is -0.339 e. The van der Waals surface area contributed by atoms with Crippen LogP contribution in [-0.4, -0.2) is 39.9 Å². The molecule has 0 bridgehead atoms. The Kier molecular flexibility index (Phi) is 5.79. The van der Waals surface area contributed by atoms with Gasteiger partial charge in [0.1, 0.15) is 10.6 Å². The molecule has 0 aliphatic carbocycles. The van der Waals surface area contributed by atoms with Crippen molar-refractivity contribution in [3.63, 3.8) is 0 Å². The van der Waals surface area contributed by atoms with Crippen LogP contribution in [-0.2, 0) is 0 Å². The number of benzene rings is 2. The third kappa shape index (κ3) is 4.47. The number of aromatic nitrogens is 2. The van der Waals surface area contributed by atoms with Gasteiger partial charge < -0.3 is 10.2 Å². The fourth-order valence-corrected chi connectivity index (χ4v) is 4.64. The largest absolute Gasteiger partial charge is 0.339 e. The molecule has 0 fully saturated rings. The van der Waals surface area contributed by atoms with Gasteiger partial charge in [0.2, 0.25) is 0 Å². The molecule has 2 amide bonds. The minimum absolute atomic E-state index is 0.0624. The molecule has 4 aromatic rings. The van der Waals surface area contributed by atoms with E-state index in [0.717, 1.165) is 38.3 Å². The highest BCUT2D eigenvalue weighted by Gasteiger charge is 2.17. The van der Waals surface area contributed by atoms with Crippen LogP contribution in [0.5, 0.6) is 0 Å². The van der Waals surface area contributed by atoms with Crippen LogP contribution in [0.4, 0.5) is 14.9 Å². The highest BCUT2D eigenvalue weighted by atomic mass is 32.2. The van der Waals surface area contributed by atoms with Crippen LogP contribution in [0.2, 0.25) is 0 Å². The molecule has 4 rings (SSSR count). The maximum Gasteiger partial charge on any atom is 0.285 e. The van der Waals surface area contributed by atoms with Gasteiger partial charge in [-0.3, -0.25) is 9.59 Å². The van der Waals surface area contributed by atoms with Crippen molar-refractivity contribution in [3.8, 4) is 5.69 Å².